The van der Waals surface area contributed by atoms with Crippen LogP contribution in [0, 0.1) is 0 Å². The third-order valence-electron chi connectivity index (χ3n) is 4.16. The Hall–Kier alpha value is -0.590. The van der Waals surface area contributed by atoms with Crippen molar-refractivity contribution >= 4 is 5.78 Å². The number of hydrogen-bond acceptors (Lipinski definition) is 1. The number of unbranched alkanes of at least 4 members (excludes halogenated alkanes) is 6. The van der Waals surface area contributed by atoms with Gasteiger partial charge in [0.05, 0.1) is 0 Å². The van der Waals surface area contributed by atoms with Crippen LogP contribution >= 0.6 is 0 Å². The Balaban J connectivity index is 2.09. The third kappa shape index (κ3) is 8.23. The zero-order valence-corrected chi connectivity index (χ0v) is 12.9. The standard InChI is InChI=1S/C18H32O/c1-2-3-4-5-6-10-13-16-18(19)17-14-11-8-7-9-12-15-17/h14H,2-13,15-16H2,1H3. The predicted molar refractivity (Wildman–Crippen MR) is 83.4 cm³/mol. The summed E-state index contributed by atoms with van der Waals surface area (Å²) >= 11 is 0. The van der Waals surface area contributed by atoms with Crippen LogP contribution in [-0.2, 0) is 4.79 Å². The molecule has 0 amide bonds. The van der Waals surface area contributed by atoms with Gasteiger partial charge in [-0.1, -0.05) is 64.4 Å². The highest BCUT2D eigenvalue weighted by Gasteiger charge is 2.10. The van der Waals surface area contributed by atoms with Gasteiger partial charge in [0.25, 0.3) is 0 Å². The van der Waals surface area contributed by atoms with Crippen molar-refractivity contribution in [3.63, 3.8) is 0 Å². The van der Waals surface area contributed by atoms with Crippen LogP contribution < -0.4 is 0 Å². The molecule has 1 aliphatic carbocycles. The summed E-state index contributed by atoms with van der Waals surface area (Å²) in [5.74, 6) is 0.440. The molecule has 0 aromatic carbocycles. The summed E-state index contributed by atoms with van der Waals surface area (Å²) in [5.41, 5.74) is 1.14. The average Bonchev–Trinajstić information content (AvgIpc) is 2.37. The van der Waals surface area contributed by atoms with Crippen molar-refractivity contribution in [3.8, 4) is 0 Å². The van der Waals surface area contributed by atoms with E-state index in [2.05, 4.69) is 13.0 Å². The van der Waals surface area contributed by atoms with E-state index in [1.165, 1.54) is 64.2 Å². The summed E-state index contributed by atoms with van der Waals surface area (Å²) in [4.78, 5) is 12.1. The molecule has 0 atom stereocenters. The van der Waals surface area contributed by atoms with Crippen LogP contribution in [0.5, 0.6) is 0 Å². The van der Waals surface area contributed by atoms with Gasteiger partial charge in [0.1, 0.15) is 0 Å². The molecule has 1 rings (SSSR count). The second-order valence-corrected chi connectivity index (χ2v) is 5.98. The highest BCUT2D eigenvalue weighted by atomic mass is 16.1. The highest BCUT2D eigenvalue weighted by Crippen LogP contribution is 2.19. The number of hydrogen-bond donors (Lipinski definition) is 0. The largest absolute Gasteiger partial charge is 0.295 e. The number of ketones is 1. The normalized spacial score (nSPS) is 16.6. The zero-order valence-electron chi connectivity index (χ0n) is 12.9. The van der Waals surface area contributed by atoms with Gasteiger partial charge in [-0.15, -0.1) is 0 Å². The van der Waals surface area contributed by atoms with Crippen LogP contribution in [0.3, 0.4) is 0 Å². The van der Waals surface area contributed by atoms with Gasteiger partial charge in [-0.2, -0.15) is 0 Å². The molecule has 0 aliphatic heterocycles. The Labute approximate surface area is 119 Å². The van der Waals surface area contributed by atoms with Gasteiger partial charge in [-0.05, 0) is 37.7 Å². The summed E-state index contributed by atoms with van der Waals surface area (Å²) in [5, 5.41) is 0. The van der Waals surface area contributed by atoms with E-state index in [1.54, 1.807) is 0 Å². The number of allylic oxidation sites excluding steroid dienone is 2. The SMILES string of the molecule is CCCCCCCCCC(=O)C1=CCCCCCC1. The lowest BCUT2D eigenvalue weighted by atomic mass is 9.95. The first-order valence-corrected chi connectivity index (χ1v) is 8.57. The van der Waals surface area contributed by atoms with Crippen molar-refractivity contribution in [1.29, 1.82) is 0 Å². The van der Waals surface area contributed by atoms with Crippen LogP contribution in [0.4, 0.5) is 0 Å². The van der Waals surface area contributed by atoms with Crippen LogP contribution in [0.2, 0.25) is 0 Å². The van der Waals surface area contributed by atoms with E-state index in [9.17, 15) is 4.79 Å². The molecular weight excluding hydrogens is 232 g/mol. The van der Waals surface area contributed by atoms with Gasteiger partial charge in [0.2, 0.25) is 0 Å². The first-order valence-electron chi connectivity index (χ1n) is 8.57. The summed E-state index contributed by atoms with van der Waals surface area (Å²) in [6.45, 7) is 2.25. The number of Topliss-reactive ketones (excluding diaryl/α,β-unsaturated/α-hetero) is 1. The second-order valence-electron chi connectivity index (χ2n) is 5.98. The van der Waals surface area contributed by atoms with Gasteiger partial charge in [0, 0.05) is 6.42 Å². The summed E-state index contributed by atoms with van der Waals surface area (Å²) < 4.78 is 0. The molecule has 0 fully saturated rings. The maximum absolute atomic E-state index is 12.1. The van der Waals surface area contributed by atoms with Crippen LogP contribution in [-0.4, -0.2) is 5.78 Å². The first-order chi connectivity index (χ1) is 9.34. The van der Waals surface area contributed by atoms with Crippen molar-refractivity contribution in [2.24, 2.45) is 0 Å². The molecule has 0 unspecified atom stereocenters. The van der Waals surface area contributed by atoms with Gasteiger partial charge < -0.3 is 0 Å². The Morgan fingerprint density at radius 2 is 1.63 bits per heavy atom. The molecule has 110 valence electrons. The Morgan fingerprint density at radius 3 is 2.42 bits per heavy atom. The molecule has 1 heteroatoms. The third-order valence-corrected chi connectivity index (χ3v) is 4.16. The molecule has 0 N–H and O–H groups in total. The van der Waals surface area contributed by atoms with E-state index in [1.807, 2.05) is 0 Å². The second kappa shape index (κ2) is 11.3. The molecule has 0 heterocycles. The molecule has 0 saturated carbocycles. The van der Waals surface area contributed by atoms with Gasteiger partial charge in [0.15, 0.2) is 5.78 Å². The van der Waals surface area contributed by atoms with Crippen LogP contribution in [0.25, 0.3) is 0 Å². The fourth-order valence-corrected chi connectivity index (χ4v) is 2.85. The number of rotatable bonds is 9. The average molecular weight is 264 g/mol. The number of carbonyl (C=O) groups is 1. The lowest BCUT2D eigenvalue weighted by Gasteiger charge is -2.10. The monoisotopic (exact) mass is 264 g/mol. The lowest BCUT2D eigenvalue weighted by molar-refractivity contribution is -0.115. The van der Waals surface area contributed by atoms with Gasteiger partial charge in [-0.3, -0.25) is 4.79 Å². The molecule has 1 nitrogen and oxygen atoms in total. The summed E-state index contributed by atoms with van der Waals surface area (Å²) in [7, 11) is 0. The molecule has 0 bridgehead atoms. The van der Waals surface area contributed by atoms with Crippen molar-refractivity contribution in [2.45, 2.75) is 96.8 Å². The van der Waals surface area contributed by atoms with E-state index >= 15 is 0 Å². The fourth-order valence-electron chi connectivity index (χ4n) is 2.85. The lowest BCUT2D eigenvalue weighted by Crippen LogP contribution is -2.04. The summed E-state index contributed by atoms with van der Waals surface area (Å²) in [6.07, 6.45) is 19.4. The molecular formula is C18H32O. The van der Waals surface area contributed by atoms with Crippen molar-refractivity contribution in [3.05, 3.63) is 11.6 Å². The molecule has 0 aromatic heterocycles. The number of carbonyl (C=O) groups excluding carboxylic acids is 1. The molecule has 1 aliphatic rings. The van der Waals surface area contributed by atoms with Gasteiger partial charge in [-0.25, -0.2) is 0 Å². The van der Waals surface area contributed by atoms with Gasteiger partial charge >= 0.3 is 0 Å². The van der Waals surface area contributed by atoms with E-state index in [0.29, 0.717) is 5.78 Å². The minimum absolute atomic E-state index is 0.440. The van der Waals surface area contributed by atoms with Crippen molar-refractivity contribution < 1.29 is 4.79 Å². The predicted octanol–water partition coefficient (Wildman–Crippen LogP) is 5.98. The van der Waals surface area contributed by atoms with Crippen molar-refractivity contribution in [1.82, 2.24) is 0 Å². The Bertz CT molecular complexity index is 265. The quantitative estimate of drug-likeness (QED) is 0.468. The smallest absolute Gasteiger partial charge is 0.158 e. The van der Waals surface area contributed by atoms with E-state index < -0.39 is 0 Å². The van der Waals surface area contributed by atoms with E-state index in [4.69, 9.17) is 0 Å². The maximum Gasteiger partial charge on any atom is 0.158 e. The first kappa shape index (κ1) is 16.5. The Kier molecular flexibility index (Phi) is 9.75. The van der Waals surface area contributed by atoms with Crippen LogP contribution in [0.15, 0.2) is 11.6 Å². The van der Waals surface area contributed by atoms with E-state index in [-0.39, 0.29) is 0 Å². The summed E-state index contributed by atoms with van der Waals surface area (Å²) in [6, 6.07) is 0. The molecule has 0 saturated heterocycles. The van der Waals surface area contributed by atoms with Crippen LogP contribution in [0.1, 0.15) is 96.8 Å². The molecule has 0 spiro atoms. The Morgan fingerprint density at radius 1 is 0.947 bits per heavy atom. The van der Waals surface area contributed by atoms with Crippen molar-refractivity contribution in [2.75, 3.05) is 0 Å². The molecule has 19 heavy (non-hydrogen) atoms. The fraction of sp³-hybridized carbons (Fsp3) is 0.833. The maximum atomic E-state index is 12.1. The highest BCUT2D eigenvalue weighted by molar-refractivity contribution is 5.95. The topological polar surface area (TPSA) is 17.1 Å². The molecule has 0 aromatic rings. The minimum Gasteiger partial charge on any atom is -0.295 e. The van der Waals surface area contributed by atoms with E-state index in [0.717, 1.165) is 31.3 Å². The molecule has 0 radical (unpaired) electrons. The zero-order chi connectivity index (χ0) is 13.8. The minimum atomic E-state index is 0.440.